The highest BCUT2D eigenvalue weighted by Crippen LogP contribution is 2.20. The lowest BCUT2D eigenvalue weighted by Gasteiger charge is -2.30. The predicted molar refractivity (Wildman–Crippen MR) is 82.4 cm³/mol. The number of nitrogens with zero attached hydrogens (tertiary/aromatic N) is 1. The fraction of sp³-hybridized carbons (Fsp3) is 0.357. The normalized spacial score (nSPS) is 20.8. The molecule has 118 valence electrons. The number of carbonyl (C=O) groups excluding carboxylic acids is 2. The summed E-state index contributed by atoms with van der Waals surface area (Å²) in [7, 11) is 0. The zero-order valence-electron chi connectivity index (χ0n) is 12.6. The third kappa shape index (κ3) is 3.95. The van der Waals surface area contributed by atoms with E-state index >= 15 is 0 Å². The van der Waals surface area contributed by atoms with Crippen molar-refractivity contribution in [2.45, 2.75) is 32.3 Å². The summed E-state index contributed by atoms with van der Waals surface area (Å²) < 4.78 is 0. The van der Waals surface area contributed by atoms with Gasteiger partial charge in [0, 0.05) is 5.54 Å². The number of carbonyl (C=O) groups is 2. The molecule has 2 rings (SSSR count). The van der Waals surface area contributed by atoms with Crippen molar-refractivity contribution in [1.82, 2.24) is 16.0 Å². The predicted octanol–water partition coefficient (Wildman–Crippen LogP) is 0.572. The Morgan fingerprint density at radius 2 is 2.00 bits per heavy atom. The second kappa shape index (κ2) is 5.64. The number of para-hydroxylation sites is 1. The molecule has 1 unspecified atom stereocenters. The molecule has 1 atom stereocenters. The Balaban J connectivity index is 2.25. The fourth-order valence-corrected chi connectivity index (χ4v) is 1.86. The van der Waals surface area contributed by atoms with Gasteiger partial charge >= 0.3 is 12.0 Å². The smallest absolute Gasteiger partial charge is 0.325 e. The monoisotopic (exact) mass is 305 g/mol. The fourth-order valence-electron chi connectivity index (χ4n) is 1.86. The van der Waals surface area contributed by atoms with E-state index in [0.717, 1.165) is 6.34 Å². The maximum absolute atomic E-state index is 12.3. The van der Waals surface area contributed by atoms with Crippen LogP contribution >= 0.6 is 0 Å². The summed E-state index contributed by atoms with van der Waals surface area (Å²) in [5.74, 6) is -2.32. The average molecular weight is 305 g/mol. The topological polar surface area (TPSA) is 115 Å². The van der Waals surface area contributed by atoms with Crippen LogP contribution in [0.4, 0.5) is 10.5 Å². The molecule has 0 radical (unpaired) electrons. The Morgan fingerprint density at radius 3 is 2.64 bits per heavy atom. The van der Waals surface area contributed by atoms with E-state index < -0.39 is 17.5 Å². The van der Waals surface area contributed by atoms with Crippen LogP contribution in [0.3, 0.4) is 0 Å². The summed E-state index contributed by atoms with van der Waals surface area (Å²) in [6.45, 7) is 5.60. The van der Waals surface area contributed by atoms with Gasteiger partial charge in [0.1, 0.15) is 0 Å². The van der Waals surface area contributed by atoms with E-state index in [-0.39, 0.29) is 5.91 Å². The minimum absolute atomic E-state index is 0.302. The second-order valence-electron chi connectivity index (χ2n) is 5.90. The highest BCUT2D eigenvalue weighted by Gasteiger charge is 2.31. The molecule has 8 nitrogen and oxygen atoms in total. The Kier molecular flexibility index (Phi) is 4.05. The molecule has 1 heterocycles. The number of aliphatic imine (C=N–C) groups is 1. The first-order valence-electron chi connectivity index (χ1n) is 6.73. The second-order valence-corrected chi connectivity index (χ2v) is 5.90. The summed E-state index contributed by atoms with van der Waals surface area (Å²) in [5, 5.41) is 20.2. The van der Waals surface area contributed by atoms with Gasteiger partial charge in [0.25, 0.3) is 5.91 Å². The maximum Gasteiger partial charge on any atom is 0.325 e. The SMILES string of the molecule is CC(C)(C)NC(=O)c1ccccc1NC1(O)N=CNC(=O)N1. The molecular weight excluding hydrogens is 286 g/mol. The molecule has 1 aromatic carbocycles. The van der Waals surface area contributed by atoms with Crippen LogP contribution in [0.15, 0.2) is 29.3 Å². The minimum atomic E-state index is -2.01. The Hall–Kier alpha value is -2.61. The molecule has 0 spiro atoms. The van der Waals surface area contributed by atoms with Gasteiger partial charge < -0.3 is 15.7 Å². The van der Waals surface area contributed by atoms with E-state index in [1.165, 1.54) is 0 Å². The lowest BCUT2D eigenvalue weighted by atomic mass is 10.1. The van der Waals surface area contributed by atoms with Crippen molar-refractivity contribution in [3.05, 3.63) is 29.8 Å². The zero-order chi connectivity index (χ0) is 16.4. The summed E-state index contributed by atoms with van der Waals surface area (Å²) in [4.78, 5) is 27.3. The van der Waals surface area contributed by atoms with Crippen molar-refractivity contribution in [3.8, 4) is 0 Å². The van der Waals surface area contributed by atoms with Gasteiger partial charge in [-0.05, 0) is 32.9 Å². The molecule has 8 heteroatoms. The summed E-state index contributed by atoms with van der Waals surface area (Å²) >= 11 is 0. The van der Waals surface area contributed by atoms with Crippen molar-refractivity contribution >= 4 is 24.0 Å². The van der Waals surface area contributed by atoms with Gasteiger partial charge in [0.2, 0.25) is 0 Å². The number of hydrogen-bond donors (Lipinski definition) is 5. The molecule has 1 aliphatic rings. The van der Waals surface area contributed by atoms with Gasteiger partial charge in [-0.3, -0.25) is 15.4 Å². The highest BCUT2D eigenvalue weighted by molar-refractivity contribution is 6.00. The Morgan fingerprint density at radius 1 is 1.32 bits per heavy atom. The molecule has 0 fully saturated rings. The lowest BCUT2D eigenvalue weighted by Crippen LogP contribution is -2.59. The van der Waals surface area contributed by atoms with Gasteiger partial charge in [0.15, 0.2) is 0 Å². The average Bonchev–Trinajstić information content (AvgIpc) is 2.36. The van der Waals surface area contributed by atoms with E-state index in [4.69, 9.17) is 0 Å². The van der Waals surface area contributed by atoms with Gasteiger partial charge in [-0.2, -0.15) is 0 Å². The number of benzene rings is 1. The molecule has 0 aromatic heterocycles. The first kappa shape index (κ1) is 15.8. The molecule has 0 aliphatic carbocycles. The quantitative estimate of drug-likeness (QED) is 0.525. The van der Waals surface area contributed by atoms with E-state index in [0.29, 0.717) is 11.3 Å². The van der Waals surface area contributed by atoms with Gasteiger partial charge in [0.05, 0.1) is 17.6 Å². The molecule has 22 heavy (non-hydrogen) atoms. The summed E-state index contributed by atoms with van der Waals surface area (Å²) in [5.41, 5.74) is 0.266. The van der Waals surface area contributed by atoms with Crippen molar-refractivity contribution in [1.29, 1.82) is 0 Å². The number of rotatable bonds is 3. The standard InChI is InChI=1S/C14H19N5O3/c1-13(2,3)18-11(20)9-6-4-5-7-10(9)17-14(22)16-8-15-12(21)19-14/h4-8,17,22H,1-3H3,(H,18,20)(H2,15,16,19,21). The summed E-state index contributed by atoms with van der Waals surface area (Å²) in [6, 6.07) is 6.02. The van der Waals surface area contributed by atoms with Gasteiger partial charge in [-0.25, -0.2) is 9.79 Å². The van der Waals surface area contributed by atoms with Gasteiger partial charge in [-0.15, -0.1) is 0 Å². The van der Waals surface area contributed by atoms with Crippen molar-refractivity contribution in [2.75, 3.05) is 5.32 Å². The Bertz CT molecular complexity index is 623. The number of urea groups is 1. The molecule has 0 saturated carbocycles. The van der Waals surface area contributed by atoms with E-state index in [9.17, 15) is 14.7 Å². The largest absolute Gasteiger partial charge is 0.347 e. The number of aliphatic hydroxyl groups is 1. The molecular formula is C14H19N5O3. The third-order valence-electron chi connectivity index (χ3n) is 2.70. The van der Waals surface area contributed by atoms with Crippen LogP contribution in [-0.2, 0) is 0 Å². The molecule has 0 saturated heterocycles. The highest BCUT2D eigenvalue weighted by atomic mass is 16.3. The van der Waals surface area contributed by atoms with Crippen LogP contribution in [0.5, 0.6) is 0 Å². The first-order chi connectivity index (χ1) is 10.2. The van der Waals surface area contributed by atoms with Crippen LogP contribution in [0.25, 0.3) is 0 Å². The number of hydrogen-bond acceptors (Lipinski definition) is 5. The molecule has 0 bridgehead atoms. The first-order valence-corrected chi connectivity index (χ1v) is 6.73. The maximum atomic E-state index is 12.3. The molecule has 3 amide bonds. The van der Waals surface area contributed by atoms with E-state index in [1.807, 2.05) is 20.8 Å². The zero-order valence-corrected chi connectivity index (χ0v) is 12.6. The number of anilines is 1. The Labute approximate surface area is 128 Å². The van der Waals surface area contributed by atoms with Crippen LogP contribution in [0, 0.1) is 0 Å². The minimum Gasteiger partial charge on any atom is -0.347 e. The molecule has 5 N–H and O–H groups in total. The molecule has 1 aromatic rings. The lowest BCUT2D eigenvalue weighted by molar-refractivity contribution is 0.0516. The number of amides is 3. The van der Waals surface area contributed by atoms with Crippen LogP contribution < -0.4 is 21.3 Å². The van der Waals surface area contributed by atoms with Crippen LogP contribution in [-0.4, -0.2) is 34.9 Å². The van der Waals surface area contributed by atoms with Crippen LogP contribution in [0.1, 0.15) is 31.1 Å². The summed E-state index contributed by atoms with van der Waals surface area (Å²) in [6.07, 6.45) is 1.07. The van der Waals surface area contributed by atoms with Gasteiger partial charge in [-0.1, -0.05) is 12.1 Å². The van der Waals surface area contributed by atoms with E-state index in [1.54, 1.807) is 24.3 Å². The number of nitrogens with one attached hydrogen (secondary N) is 4. The molecule has 1 aliphatic heterocycles. The third-order valence-corrected chi connectivity index (χ3v) is 2.70. The van der Waals surface area contributed by atoms with Crippen molar-refractivity contribution in [3.63, 3.8) is 0 Å². The van der Waals surface area contributed by atoms with Crippen molar-refractivity contribution < 1.29 is 14.7 Å². The van der Waals surface area contributed by atoms with Crippen molar-refractivity contribution in [2.24, 2.45) is 4.99 Å². The van der Waals surface area contributed by atoms with E-state index in [2.05, 4.69) is 26.3 Å². The van der Waals surface area contributed by atoms with Crippen LogP contribution in [0.2, 0.25) is 0 Å².